The maximum Gasteiger partial charge on any atom is 0.414 e. The van der Waals surface area contributed by atoms with Gasteiger partial charge in [0.05, 0.1) is 0 Å². The van der Waals surface area contributed by atoms with E-state index in [1.165, 1.54) is 12.1 Å². The van der Waals surface area contributed by atoms with Crippen LogP contribution in [0.4, 0.5) is 23.7 Å². The monoisotopic (exact) mass is 268 g/mol. The first-order valence-corrected chi connectivity index (χ1v) is 4.76. The van der Waals surface area contributed by atoms with Gasteiger partial charge in [-0.1, -0.05) is 17.7 Å². The molecule has 0 atom stereocenters. The second-order valence-electron chi connectivity index (χ2n) is 2.97. The molecule has 0 aromatic heterocycles. The Kier molecular flexibility index (Phi) is 4.59. The molecule has 8 heteroatoms. The van der Waals surface area contributed by atoms with Gasteiger partial charge >= 0.3 is 12.2 Å². The third-order valence-electron chi connectivity index (χ3n) is 1.48. The van der Waals surface area contributed by atoms with Gasteiger partial charge in [0.25, 0.3) is 0 Å². The van der Waals surface area contributed by atoms with Gasteiger partial charge in [-0.2, -0.15) is 13.2 Å². The zero-order valence-corrected chi connectivity index (χ0v) is 9.10. The van der Waals surface area contributed by atoms with E-state index < -0.39 is 18.8 Å². The van der Waals surface area contributed by atoms with Gasteiger partial charge in [0.15, 0.2) is 6.61 Å². The average Bonchev–Trinajstić information content (AvgIpc) is 2.15. The van der Waals surface area contributed by atoms with Crippen molar-refractivity contribution in [2.24, 2.45) is 0 Å². The first-order valence-electron chi connectivity index (χ1n) is 4.38. The summed E-state index contributed by atoms with van der Waals surface area (Å²) in [5.74, 6) is 0. The van der Waals surface area contributed by atoms with Crippen molar-refractivity contribution < 1.29 is 22.8 Å². The number of benzene rings is 1. The fourth-order valence-corrected chi connectivity index (χ4v) is 1.10. The standard InChI is InChI=1S/C9H8ClF3N2O2/c10-6-2-1-3-7(4-6)14-8(16)15-17-5-9(11,12)13/h1-4H,5H2,(H2,14,15,16). The van der Waals surface area contributed by atoms with E-state index in [2.05, 4.69) is 10.2 Å². The van der Waals surface area contributed by atoms with E-state index in [4.69, 9.17) is 11.6 Å². The number of carbonyl (C=O) groups is 1. The molecule has 0 spiro atoms. The fourth-order valence-electron chi connectivity index (χ4n) is 0.906. The highest BCUT2D eigenvalue weighted by Crippen LogP contribution is 2.15. The number of anilines is 1. The van der Waals surface area contributed by atoms with E-state index in [-0.39, 0.29) is 0 Å². The summed E-state index contributed by atoms with van der Waals surface area (Å²) in [6.07, 6.45) is -4.50. The topological polar surface area (TPSA) is 50.4 Å². The summed E-state index contributed by atoms with van der Waals surface area (Å²) in [5, 5.41) is 2.63. The molecule has 0 saturated heterocycles. The van der Waals surface area contributed by atoms with Gasteiger partial charge in [-0.15, -0.1) is 0 Å². The van der Waals surface area contributed by atoms with Crippen molar-refractivity contribution in [3.05, 3.63) is 29.3 Å². The molecule has 94 valence electrons. The van der Waals surface area contributed by atoms with Crippen molar-refractivity contribution in [3.8, 4) is 0 Å². The second-order valence-corrected chi connectivity index (χ2v) is 3.41. The lowest BCUT2D eigenvalue weighted by molar-refractivity contribution is -0.183. The molecule has 1 aromatic carbocycles. The van der Waals surface area contributed by atoms with Crippen molar-refractivity contribution in [1.82, 2.24) is 5.48 Å². The highest BCUT2D eigenvalue weighted by molar-refractivity contribution is 6.30. The van der Waals surface area contributed by atoms with E-state index >= 15 is 0 Å². The fraction of sp³-hybridized carbons (Fsp3) is 0.222. The Morgan fingerprint density at radius 3 is 2.71 bits per heavy atom. The number of hydrogen-bond acceptors (Lipinski definition) is 2. The SMILES string of the molecule is O=C(NOCC(F)(F)F)Nc1cccc(Cl)c1. The first-order chi connectivity index (χ1) is 7.87. The lowest BCUT2D eigenvalue weighted by Crippen LogP contribution is -2.32. The molecule has 1 aromatic rings. The molecule has 0 fully saturated rings. The van der Waals surface area contributed by atoms with Crippen LogP contribution in [0.2, 0.25) is 5.02 Å². The number of nitrogens with one attached hydrogen (secondary N) is 2. The van der Waals surface area contributed by atoms with Gasteiger partial charge < -0.3 is 5.32 Å². The molecule has 0 heterocycles. The van der Waals surface area contributed by atoms with Crippen LogP contribution >= 0.6 is 11.6 Å². The normalized spacial score (nSPS) is 11.1. The van der Waals surface area contributed by atoms with Gasteiger partial charge in [0, 0.05) is 10.7 Å². The first kappa shape index (κ1) is 13.6. The molecular formula is C9H8ClF3N2O2. The molecule has 17 heavy (non-hydrogen) atoms. The molecular weight excluding hydrogens is 261 g/mol. The lowest BCUT2D eigenvalue weighted by Gasteiger charge is -2.09. The summed E-state index contributed by atoms with van der Waals surface area (Å²) in [6.45, 7) is -1.56. The van der Waals surface area contributed by atoms with Gasteiger partial charge in [-0.25, -0.2) is 10.3 Å². The molecule has 0 saturated carbocycles. The Bertz CT molecular complexity index is 398. The summed E-state index contributed by atoms with van der Waals surface area (Å²) in [7, 11) is 0. The molecule has 1 rings (SSSR count). The number of carbonyl (C=O) groups excluding carboxylic acids is 1. The third-order valence-corrected chi connectivity index (χ3v) is 1.72. The highest BCUT2D eigenvalue weighted by atomic mass is 35.5. The minimum Gasteiger partial charge on any atom is -0.306 e. The van der Waals surface area contributed by atoms with Crippen LogP contribution < -0.4 is 10.8 Å². The lowest BCUT2D eigenvalue weighted by atomic mass is 10.3. The predicted molar refractivity (Wildman–Crippen MR) is 55.6 cm³/mol. The number of urea groups is 1. The van der Waals surface area contributed by atoms with Crippen LogP contribution in [0.15, 0.2) is 24.3 Å². The van der Waals surface area contributed by atoms with Crippen molar-refractivity contribution in [1.29, 1.82) is 0 Å². The molecule has 0 radical (unpaired) electrons. The van der Waals surface area contributed by atoms with Crippen molar-refractivity contribution in [2.75, 3.05) is 11.9 Å². The molecule has 0 aliphatic carbocycles. The average molecular weight is 269 g/mol. The number of rotatable bonds is 3. The zero-order chi connectivity index (χ0) is 12.9. The molecule has 0 unspecified atom stereocenters. The number of hydrogen-bond donors (Lipinski definition) is 2. The third kappa shape index (κ3) is 5.98. The summed E-state index contributed by atoms with van der Waals surface area (Å²) < 4.78 is 35.0. The highest BCUT2D eigenvalue weighted by Gasteiger charge is 2.28. The van der Waals surface area contributed by atoms with Crippen LogP contribution in [0.25, 0.3) is 0 Å². The van der Waals surface area contributed by atoms with Crippen LogP contribution in [0.3, 0.4) is 0 Å². The number of halogens is 4. The van der Waals surface area contributed by atoms with E-state index in [0.29, 0.717) is 10.7 Å². The van der Waals surface area contributed by atoms with Crippen molar-refractivity contribution >= 4 is 23.3 Å². The summed E-state index contributed by atoms with van der Waals surface area (Å²) >= 11 is 5.64. The Hall–Kier alpha value is -1.47. The molecule has 2 amide bonds. The van der Waals surface area contributed by atoms with Gasteiger partial charge in [-0.3, -0.25) is 4.84 Å². The van der Waals surface area contributed by atoms with Crippen LogP contribution in [0.1, 0.15) is 0 Å². The maximum absolute atomic E-state index is 11.7. The molecule has 0 bridgehead atoms. The van der Waals surface area contributed by atoms with E-state index in [9.17, 15) is 18.0 Å². The molecule has 4 nitrogen and oxygen atoms in total. The van der Waals surface area contributed by atoms with Crippen LogP contribution in [0, 0.1) is 0 Å². The van der Waals surface area contributed by atoms with Crippen LogP contribution in [0.5, 0.6) is 0 Å². The largest absolute Gasteiger partial charge is 0.414 e. The van der Waals surface area contributed by atoms with Gasteiger partial charge in [-0.05, 0) is 18.2 Å². The number of alkyl halides is 3. The summed E-state index contributed by atoms with van der Waals surface area (Å²) in [6, 6.07) is 5.20. The number of amides is 2. The predicted octanol–water partition coefficient (Wildman–Crippen LogP) is 2.96. The second kappa shape index (κ2) is 5.74. The van der Waals surface area contributed by atoms with Gasteiger partial charge in [0.2, 0.25) is 0 Å². The Morgan fingerprint density at radius 1 is 1.41 bits per heavy atom. The van der Waals surface area contributed by atoms with Gasteiger partial charge in [0.1, 0.15) is 0 Å². The number of hydroxylamine groups is 1. The van der Waals surface area contributed by atoms with Crippen molar-refractivity contribution in [2.45, 2.75) is 6.18 Å². The minimum atomic E-state index is -4.50. The Labute approximate surface area is 99.7 Å². The quantitative estimate of drug-likeness (QED) is 0.828. The molecule has 0 aliphatic rings. The molecule has 2 N–H and O–H groups in total. The van der Waals surface area contributed by atoms with Crippen LogP contribution in [-0.4, -0.2) is 18.8 Å². The maximum atomic E-state index is 11.7. The minimum absolute atomic E-state index is 0.339. The summed E-state index contributed by atoms with van der Waals surface area (Å²) in [5.41, 5.74) is 1.93. The van der Waals surface area contributed by atoms with E-state index in [1.54, 1.807) is 17.6 Å². The van der Waals surface area contributed by atoms with E-state index in [0.717, 1.165) is 0 Å². The van der Waals surface area contributed by atoms with E-state index in [1.807, 2.05) is 0 Å². The summed E-state index contributed by atoms with van der Waals surface area (Å²) in [4.78, 5) is 15.0. The van der Waals surface area contributed by atoms with Crippen molar-refractivity contribution in [3.63, 3.8) is 0 Å². The smallest absolute Gasteiger partial charge is 0.306 e. The van der Waals surface area contributed by atoms with Crippen LogP contribution in [-0.2, 0) is 4.84 Å². The zero-order valence-electron chi connectivity index (χ0n) is 8.34. The Balaban J connectivity index is 2.35. The molecule has 0 aliphatic heterocycles. The Morgan fingerprint density at radius 2 is 2.12 bits per heavy atom.